The van der Waals surface area contributed by atoms with Crippen LogP contribution in [0, 0.1) is 5.92 Å². The number of benzene rings is 2. The molecule has 0 saturated carbocycles. The van der Waals surface area contributed by atoms with E-state index in [-0.39, 0.29) is 24.9 Å². The number of hydrogen-bond donors (Lipinski definition) is 3. The lowest BCUT2D eigenvalue weighted by molar-refractivity contribution is -0.142. The van der Waals surface area contributed by atoms with Crippen molar-refractivity contribution in [2.24, 2.45) is 5.92 Å². The molecule has 7 heteroatoms. The van der Waals surface area contributed by atoms with E-state index < -0.39 is 30.1 Å². The zero-order valence-electron chi connectivity index (χ0n) is 20.7. The summed E-state index contributed by atoms with van der Waals surface area (Å²) >= 11 is 0. The molecule has 3 rings (SSSR count). The second kappa shape index (κ2) is 11.7. The van der Waals surface area contributed by atoms with Crippen LogP contribution in [0.2, 0.25) is 0 Å². The van der Waals surface area contributed by atoms with Gasteiger partial charge in [0.25, 0.3) is 0 Å². The van der Waals surface area contributed by atoms with Gasteiger partial charge in [0.1, 0.15) is 18.7 Å². The highest BCUT2D eigenvalue weighted by Gasteiger charge is 2.30. The van der Waals surface area contributed by atoms with Crippen LogP contribution in [0.1, 0.15) is 57.6 Å². The Bertz CT molecular complexity index is 1060. The molecule has 7 nitrogen and oxygen atoms in total. The molecular formula is C28H34N2O5. The molecule has 2 aromatic rings. The maximum atomic E-state index is 12.9. The molecule has 0 bridgehead atoms. The molecule has 0 aliphatic heterocycles. The largest absolute Gasteiger partial charge is 0.480 e. The molecular weight excluding hydrogens is 444 g/mol. The van der Waals surface area contributed by atoms with Gasteiger partial charge in [-0.1, -0.05) is 74.0 Å². The van der Waals surface area contributed by atoms with Gasteiger partial charge in [-0.25, -0.2) is 9.59 Å². The number of hydrogen-bond acceptors (Lipinski definition) is 4. The van der Waals surface area contributed by atoms with Crippen molar-refractivity contribution in [3.05, 3.63) is 71.3 Å². The minimum atomic E-state index is -1.12. The molecule has 2 amide bonds. The summed E-state index contributed by atoms with van der Waals surface area (Å²) in [5.41, 5.74) is 5.42. The standard InChI is InChI=1S/C28H34N2O5/c1-17(2)13-14-24(27(32)33)29-26(31)25(15-18(3)4)30-28(34)35-16-23-21-11-7-5-9-19(21)20-10-6-8-12-22(20)23/h5-13,18,23-25H,14-16H2,1-4H3,(H,29,31)(H,30,34)(H,32,33)/t24?,25-/m0/s1. The van der Waals surface area contributed by atoms with Crippen LogP contribution in [0.4, 0.5) is 4.79 Å². The van der Waals surface area contributed by atoms with Crippen molar-refractivity contribution in [2.75, 3.05) is 6.61 Å². The maximum absolute atomic E-state index is 12.9. The van der Waals surface area contributed by atoms with E-state index in [2.05, 4.69) is 22.8 Å². The van der Waals surface area contributed by atoms with Gasteiger partial charge in [-0.2, -0.15) is 0 Å². The Morgan fingerprint density at radius 1 is 0.943 bits per heavy atom. The van der Waals surface area contributed by atoms with Crippen LogP contribution in [0.3, 0.4) is 0 Å². The number of carbonyl (C=O) groups excluding carboxylic acids is 2. The predicted octanol–water partition coefficient (Wildman–Crippen LogP) is 4.87. The summed E-state index contributed by atoms with van der Waals surface area (Å²) in [6.45, 7) is 7.71. The van der Waals surface area contributed by atoms with Gasteiger partial charge in [0.15, 0.2) is 0 Å². The van der Waals surface area contributed by atoms with E-state index in [9.17, 15) is 19.5 Å². The first-order valence-electron chi connectivity index (χ1n) is 12.0. The lowest BCUT2D eigenvalue weighted by atomic mass is 9.98. The number of nitrogens with one attached hydrogen (secondary N) is 2. The Labute approximate surface area is 206 Å². The average Bonchev–Trinajstić information content (AvgIpc) is 3.13. The van der Waals surface area contributed by atoms with Crippen molar-refractivity contribution in [3.63, 3.8) is 0 Å². The van der Waals surface area contributed by atoms with Crippen LogP contribution >= 0.6 is 0 Å². The molecule has 3 N–H and O–H groups in total. The normalized spacial score (nSPS) is 13.9. The summed E-state index contributed by atoms with van der Waals surface area (Å²) in [6, 6.07) is 14.1. The van der Waals surface area contributed by atoms with Crippen molar-refractivity contribution >= 4 is 18.0 Å². The summed E-state index contributed by atoms with van der Waals surface area (Å²) < 4.78 is 5.58. The molecule has 0 radical (unpaired) electrons. The Morgan fingerprint density at radius 3 is 2.03 bits per heavy atom. The highest BCUT2D eigenvalue weighted by Crippen LogP contribution is 2.44. The SMILES string of the molecule is CC(C)=CCC(NC(=O)[C@H](CC(C)C)NC(=O)OCC1c2ccccc2-c2ccccc21)C(=O)O. The number of ether oxygens (including phenoxy) is 1. The van der Waals surface area contributed by atoms with E-state index in [0.29, 0.717) is 6.42 Å². The molecule has 0 spiro atoms. The first-order chi connectivity index (χ1) is 16.7. The van der Waals surface area contributed by atoms with Crippen molar-refractivity contribution in [3.8, 4) is 11.1 Å². The highest BCUT2D eigenvalue weighted by molar-refractivity contribution is 5.89. The topological polar surface area (TPSA) is 105 Å². The average molecular weight is 479 g/mol. The number of carboxylic acid groups (broad SMARTS) is 1. The van der Waals surface area contributed by atoms with Crippen molar-refractivity contribution in [2.45, 2.75) is 58.5 Å². The Morgan fingerprint density at radius 2 is 1.51 bits per heavy atom. The first kappa shape index (κ1) is 26.0. The van der Waals surface area contributed by atoms with Gasteiger partial charge in [0.2, 0.25) is 5.91 Å². The summed E-state index contributed by atoms with van der Waals surface area (Å²) in [4.78, 5) is 37.2. The molecule has 2 aromatic carbocycles. The van der Waals surface area contributed by atoms with E-state index in [1.807, 2.05) is 64.1 Å². The summed E-state index contributed by atoms with van der Waals surface area (Å²) in [7, 11) is 0. The summed E-state index contributed by atoms with van der Waals surface area (Å²) in [5.74, 6) is -1.66. The zero-order valence-corrected chi connectivity index (χ0v) is 20.7. The fourth-order valence-corrected chi connectivity index (χ4v) is 4.33. The van der Waals surface area contributed by atoms with Crippen LogP contribution in [-0.2, 0) is 14.3 Å². The number of alkyl carbamates (subject to hydrolysis) is 1. The quantitative estimate of drug-likeness (QED) is 0.423. The van der Waals surface area contributed by atoms with Crippen LogP contribution in [-0.4, -0.2) is 41.8 Å². The monoisotopic (exact) mass is 478 g/mol. The fraction of sp³-hybridized carbons (Fsp3) is 0.393. The minimum absolute atomic E-state index is 0.0917. The molecule has 2 atom stereocenters. The summed E-state index contributed by atoms with van der Waals surface area (Å²) in [5, 5.41) is 14.7. The number of allylic oxidation sites excluding steroid dienone is 1. The van der Waals surface area contributed by atoms with E-state index in [0.717, 1.165) is 27.8 Å². The third-order valence-corrected chi connectivity index (χ3v) is 6.04. The number of amides is 2. The number of fused-ring (bicyclic) bond motifs is 3. The predicted molar refractivity (Wildman–Crippen MR) is 135 cm³/mol. The van der Waals surface area contributed by atoms with E-state index in [4.69, 9.17) is 4.74 Å². The van der Waals surface area contributed by atoms with E-state index >= 15 is 0 Å². The molecule has 186 valence electrons. The molecule has 1 aliphatic carbocycles. The van der Waals surface area contributed by atoms with Crippen LogP contribution in [0.15, 0.2) is 60.2 Å². The highest BCUT2D eigenvalue weighted by atomic mass is 16.5. The zero-order chi connectivity index (χ0) is 25.5. The van der Waals surface area contributed by atoms with Crippen LogP contribution in [0.25, 0.3) is 11.1 Å². The van der Waals surface area contributed by atoms with Gasteiger partial charge in [0.05, 0.1) is 0 Å². The van der Waals surface area contributed by atoms with Crippen molar-refractivity contribution < 1.29 is 24.2 Å². The lowest BCUT2D eigenvalue weighted by Gasteiger charge is -2.23. The van der Waals surface area contributed by atoms with Gasteiger partial charge in [0, 0.05) is 5.92 Å². The fourth-order valence-electron chi connectivity index (χ4n) is 4.33. The van der Waals surface area contributed by atoms with Gasteiger partial charge in [-0.05, 0) is 54.9 Å². The molecule has 1 aliphatic rings. The molecule has 1 unspecified atom stereocenters. The second-order valence-electron chi connectivity index (χ2n) is 9.57. The number of carboxylic acids is 1. The van der Waals surface area contributed by atoms with Gasteiger partial charge < -0.3 is 20.5 Å². The minimum Gasteiger partial charge on any atom is -0.480 e. The van der Waals surface area contributed by atoms with Gasteiger partial charge in [-0.3, -0.25) is 4.79 Å². The maximum Gasteiger partial charge on any atom is 0.407 e. The molecule has 0 fully saturated rings. The molecule has 0 heterocycles. The van der Waals surface area contributed by atoms with Crippen LogP contribution in [0.5, 0.6) is 0 Å². The van der Waals surface area contributed by atoms with Crippen LogP contribution < -0.4 is 10.6 Å². The van der Waals surface area contributed by atoms with E-state index in [1.54, 1.807) is 6.08 Å². The number of carbonyl (C=O) groups is 3. The second-order valence-corrected chi connectivity index (χ2v) is 9.57. The third-order valence-electron chi connectivity index (χ3n) is 6.04. The Hall–Kier alpha value is -3.61. The third kappa shape index (κ3) is 6.72. The first-order valence-corrected chi connectivity index (χ1v) is 12.0. The van der Waals surface area contributed by atoms with Crippen molar-refractivity contribution in [1.82, 2.24) is 10.6 Å². The molecule has 0 aromatic heterocycles. The van der Waals surface area contributed by atoms with Crippen molar-refractivity contribution in [1.29, 1.82) is 0 Å². The van der Waals surface area contributed by atoms with Gasteiger partial charge >= 0.3 is 12.1 Å². The lowest BCUT2D eigenvalue weighted by Crippen LogP contribution is -2.52. The number of aliphatic carboxylic acids is 1. The molecule has 35 heavy (non-hydrogen) atoms. The Balaban J connectivity index is 1.66. The number of rotatable bonds is 10. The Kier molecular flexibility index (Phi) is 8.68. The van der Waals surface area contributed by atoms with Gasteiger partial charge in [-0.15, -0.1) is 0 Å². The molecule has 0 saturated heterocycles. The summed E-state index contributed by atoms with van der Waals surface area (Å²) in [6.07, 6.45) is 1.58. The van der Waals surface area contributed by atoms with E-state index in [1.165, 1.54) is 0 Å². The smallest absolute Gasteiger partial charge is 0.407 e.